The summed E-state index contributed by atoms with van der Waals surface area (Å²) in [5.74, 6) is 0.0202. The second-order valence-electron chi connectivity index (χ2n) is 7.10. The van der Waals surface area contributed by atoms with E-state index < -0.39 is 0 Å². The molecule has 5 nitrogen and oxygen atoms in total. The molecule has 0 saturated carbocycles. The van der Waals surface area contributed by atoms with Gasteiger partial charge in [0.1, 0.15) is 5.69 Å². The maximum atomic E-state index is 12.9. The summed E-state index contributed by atoms with van der Waals surface area (Å²) >= 11 is 0. The molecule has 0 spiro atoms. The molecule has 0 atom stereocenters. The molecule has 1 amide bonds. The molecule has 2 heterocycles. The van der Waals surface area contributed by atoms with Gasteiger partial charge in [-0.2, -0.15) is 5.10 Å². The number of H-pyrrole nitrogens is 1. The number of carbonyl (C=O) groups excluding carboxylic acids is 1. The van der Waals surface area contributed by atoms with Crippen molar-refractivity contribution in [3.05, 3.63) is 71.4 Å². The van der Waals surface area contributed by atoms with Gasteiger partial charge in [-0.1, -0.05) is 35.9 Å². The van der Waals surface area contributed by atoms with Crippen molar-refractivity contribution in [3.63, 3.8) is 0 Å². The van der Waals surface area contributed by atoms with Gasteiger partial charge in [-0.05, 0) is 43.7 Å². The van der Waals surface area contributed by atoms with E-state index in [0.717, 1.165) is 29.9 Å². The highest BCUT2D eigenvalue weighted by atomic mass is 16.2. The van der Waals surface area contributed by atoms with Crippen molar-refractivity contribution in [3.8, 4) is 11.3 Å². The van der Waals surface area contributed by atoms with Crippen LogP contribution in [0.25, 0.3) is 11.3 Å². The van der Waals surface area contributed by atoms with Crippen molar-refractivity contribution in [1.82, 2.24) is 15.1 Å². The number of nitrogens with zero attached hydrogens (tertiary/aromatic N) is 3. The number of amides is 1. The molecule has 1 fully saturated rings. The van der Waals surface area contributed by atoms with Gasteiger partial charge >= 0.3 is 0 Å². The van der Waals surface area contributed by atoms with Crippen LogP contribution >= 0.6 is 0 Å². The summed E-state index contributed by atoms with van der Waals surface area (Å²) in [7, 11) is 0. The van der Waals surface area contributed by atoms with Gasteiger partial charge in [0, 0.05) is 37.4 Å². The Morgan fingerprint density at radius 2 is 1.70 bits per heavy atom. The van der Waals surface area contributed by atoms with Crippen LogP contribution in [0.15, 0.2) is 54.6 Å². The van der Waals surface area contributed by atoms with Crippen molar-refractivity contribution in [2.45, 2.75) is 13.8 Å². The smallest absolute Gasteiger partial charge is 0.272 e. The minimum Gasteiger partial charge on any atom is -0.368 e. The quantitative estimate of drug-likeness (QED) is 0.776. The molecular formula is C22H24N4O. The van der Waals surface area contributed by atoms with Crippen molar-refractivity contribution < 1.29 is 4.79 Å². The maximum absolute atomic E-state index is 12.9. The molecule has 1 N–H and O–H groups in total. The lowest BCUT2D eigenvalue weighted by Crippen LogP contribution is -2.48. The number of aromatic nitrogens is 2. The highest BCUT2D eigenvalue weighted by Crippen LogP contribution is 2.24. The minimum atomic E-state index is 0.0202. The van der Waals surface area contributed by atoms with Crippen LogP contribution in [0.3, 0.4) is 0 Å². The van der Waals surface area contributed by atoms with Gasteiger partial charge in [0.2, 0.25) is 0 Å². The third kappa shape index (κ3) is 3.58. The van der Waals surface area contributed by atoms with Gasteiger partial charge < -0.3 is 9.80 Å². The van der Waals surface area contributed by atoms with Gasteiger partial charge in [-0.15, -0.1) is 0 Å². The summed E-state index contributed by atoms with van der Waals surface area (Å²) in [6, 6.07) is 18.5. The monoisotopic (exact) mass is 360 g/mol. The SMILES string of the molecule is Cc1ccc(C)c(-c2cc(C(=O)N3CCN(c4ccccc4)CC3)[nH]n2)c1. The molecule has 1 aromatic heterocycles. The fourth-order valence-corrected chi connectivity index (χ4v) is 3.56. The second-order valence-corrected chi connectivity index (χ2v) is 7.10. The molecule has 0 aliphatic carbocycles. The molecule has 1 saturated heterocycles. The molecule has 3 aromatic rings. The Hall–Kier alpha value is -3.08. The predicted molar refractivity (Wildman–Crippen MR) is 108 cm³/mol. The molecular weight excluding hydrogens is 336 g/mol. The zero-order valence-corrected chi connectivity index (χ0v) is 15.8. The highest BCUT2D eigenvalue weighted by Gasteiger charge is 2.24. The first-order valence-electron chi connectivity index (χ1n) is 9.34. The number of para-hydroxylation sites is 1. The number of piperazine rings is 1. The number of anilines is 1. The molecule has 2 aromatic carbocycles. The van der Waals surface area contributed by atoms with Crippen LogP contribution in [-0.2, 0) is 0 Å². The van der Waals surface area contributed by atoms with Crippen LogP contribution in [0.1, 0.15) is 21.6 Å². The van der Waals surface area contributed by atoms with E-state index in [2.05, 4.69) is 59.3 Å². The summed E-state index contributed by atoms with van der Waals surface area (Å²) in [6.45, 7) is 7.24. The van der Waals surface area contributed by atoms with E-state index in [1.807, 2.05) is 29.2 Å². The number of rotatable bonds is 3. The number of nitrogens with one attached hydrogen (secondary N) is 1. The topological polar surface area (TPSA) is 52.2 Å². The molecule has 5 heteroatoms. The molecule has 1 aliphatic rings. The van der Waals surface area contributed by atoms with E-state index in [1.165, 1.54) is 11.3 Å². The zero-order chi connectivity index (χ0) is 18.8. The van der Waals surface area contributed by atoms with Gasteiger partial charge in [-0.3, -0.25) is 9.89 Å². The summed E-state index contributed by atoms with van der Waals surface area (Å²) < 4.78 is 0. The molecule has 4 rings (SSSR count). The first-order chi connectivity index (χ1) is 13.1. The lowest BCUT2D eigenvalue weighted by atomic mass is 10.0. The van der Waals surface area contributed by atoms with E-state index in [9.17, 15) is 4.79 Å². The van der Waals surface area contributed by atoms with E-state index in [-0.39, 0.29) is 5.91 Å². The number of aromatic amines is 1. The van der Waals surface area contributed by atoms with Crippen molar-refractivity contribution in [2.24, 2.45) is 0 Å². The zero-order valence-electron chi connectivity index (χ0n) is 15.8. The van der Waals surface area contributed by atoms with E-state index in [0.29, 0.717) is 18.8 Å². The molecule has 138 valence electrons. The fourth-order valence-electron chi connectivity index (χ4n) is 3.56. The number of benzene rings is 2. The van der Waals surface area contributed by atoms with Crippen molar-refractivity contribution >= 4 is 11.6 Å². The predicted octanol–water partition coefficient (Wildman–Crippen LogP) is 3.66. The lowest BCUT2D eigenvalue weighted by molar-refractivity contribution is 0.0741. The van der Waals surface area contributed by atoms with E-state index in [4.69, 9.17) is 0 Å². The average Bonchev–Trinajstić information content (AvgIpc) is 3.20. The highest BCUT2D eigenvalue weighted by molar-refractivity contribution is 5.93. The van der Waals surface area contributed by atoms with E-state index in [1.54, 1.807) is 0 Å². The standard InChI is InChI=1S/C22H24N4O/c1-16-8-9-17(2)19(14-16)20-15-21(24-23-20)22(27)26-12-10-25(11-13-26)18-6-4-3-5-7-18/h3-9,14-15H,10-13H2,1-2H3,(H,23,24). The van der Waals surface area contributed by atoms with Crippen LogP contribution in [0.5, 0.6) is 0 Å². The van der Waals surface area contributed by atoms with Gasteiger partial charge in [0.25, 0.3) is 5.91 Å². The third-order valence-electron chi connectivity index (χ3n) is 5.17. The molecule has 27 heavy (non-hydrogen) atoms. The third-order valence-corrected chi connectivity index (χ3v) is 5.17. The molecule has 0 radical (unpaired) electrons. The summed E-state index contributed by atoms with van der Waals surface area (Å²) in [5, 5.41) is 7.32. The Labute approximate surface area is 159 Å². The largest absolute Gasteiger partial charge is 0.368 e. The second kappa shape index (κ2) is 7.27. The Kier molecular flexibility index (Phi) is 4.67. The van der Waals surface area contributed by atoms with Crippen LogP contribution in [0.4, 0.5) is 5.69 Å². The van der Waals surface area contributed by atoms with Gasteiger partial charge in [0.05, 0.1) is 5.69 Å². The van der Waals surface area contributed by atoms with Crippen molar-refractivity contribution in [1.29, 1.82) is 0 Å². The Morgan fingerprint density at radius 1 is 0.963 bits per heavy atom. The molecule has 0 bridgehead atoms. The summed E-state index contributed by atoms with van der Waals surface area (Å²) in [4.78, 5) is 17.1. The molecule has 1 aliphatic heterocycles. The van der Waals surface area contributed by atoms with E-state index >= 15 is 0 Å². The Bertz CT molecular complexity index is 940. The number of hydrogen-bond acceptors (Lipinski definition) is 3. The summed E-state index contributed by atoms with van der Waals surface area (Å²) in [5.41, 5.74) is 6.00. The normalized spacial score (nSPS) is 14.4. The Balaban J connectivity index is 1.45. The van der Waals surface area contributed by atoms with Crippen LogP contribution in [0.2, 0.25) is 0 Å². The maximum Gasteiger partial charge on any atom is 0.272 e. The fraction of sp³-hybridized carbons (Fsp3) is 0.273. The number of hydrogen-bond donors (Lipinski definition) is 1. The first-order valence-corrected chi connectivity index (χ1v) is 9.34. The molecule has 0 unspecified atom stereocenters. The van der Waals surface area contributed by atoms with Crippen molar-refractivity contribution in [2.75, 3.05) is 31.1 Å². The summed E-state index contributed by atoms with van der Waals surface area (Å²) in [6.07, 6.45) is 0. The first kappa shape index (κ1) is 17.3. The van der Waals surface area contributed by atoms with Crippen LogP contribution < -0.4 is 4.90 Å². The minimum absolute atomic E-state index is 0.0202. The lowest BCUT2D eigenvalue weighted by Gasteiger charge is -2.35. The van der Waals surface area contributed by atoms with Gasteiger partial charge in [-0.25, -0.2) is 0 Å². The Morgan fingerprint density at radius 3 is 2.44 bits per heavy atom. The average molecular weight is 360 g/mol. The number of aryl methyl sites for hydroxylation is 2. The van der Waals surface area contributed by atoms with Crippen LogP contribution in [-0.4, -0.2) is 47.2 Å². The van der Waals surface area contributed by atoms with Gasteiger partial charge in [0.15, 0.2) is 0 Å². The van der Waals surface area contributed by atoms with Crippen LogP contribution in [0, 0.1) is 13.8 Å². The number of carbonyl (C=O) groups is 1.